The fourth-order valence-electron chi connectivity index (χ4n) is 1.69. The Morgan fingerprint density at radius 2 is 1.71 bits per heavy atom. The minimum Gasteiger partial charge on any atom is -0.428 e. The molecule has 1 heterocycles. The van der Waals surface area contributed by atoms with Crippen molar-refractivity contribution in [2.45, 2.75) is 19.4 Å². The lowest BCUT2D eigenvalue weighted by atomic mass is 9.80. The topological polar surface area (TPSA) is 113 Å². The smallest absolute Gasteiger partial charge is 0.428 e. The Morgan fingerprint density at radius 1 is 1.14 bits per heavy atom. The van der Waals surface area contributed by atoms with E-state index in [9.17, 15) is 14.4 Å². The van der Waals surface area contributed by atoms with Crippen LogP contribution in [-0.2, 0) is 25.8 Å². The molecular weight excluding hydrogens is 281 g/mol. The average Bonchev–Trinajstić information content (AvgIpc) is 2.77. The van der Waals surface area contributed by atoms with Crippen molar-refractivity contribution in [3.05, 3.63) is 29.8 Å². The zero-order valence-electron chi connectivity index (χ0n) is 10.9. The second-order valence-corrected chi connectivity index (χ2v) is 4.33. The molecule has 9 heteroatoms. The Kier molecular flexibility index (Phi) is 4.56. The Bertz CT molecular complexity index is 541. The van der Waals surface area contributed by atoms with Crippen LogP contribution in [0.5, 0.6) is 0 Å². The second kappa shape index (κ2) is 6.38. The number of carbonyl (C=O) groups excluding carboxylic acids is 3. The monoisotopic (exact) mass is 293 g/mol. The Labute approximate surface area is 120 Å². The molecule has 0 bridgehead atoms. The summed E-state index contributed by atoms with van der Waals surface area (Å²) in [6.07, 6.45) is -1.14. The van der Waals surface area contributed by atoms with E-state index in [1.54, 1.807) is 0 Å². The number of carbonyl (C=O) groups is 3. The lowest BCUT2D eigenvalue weighted by molar-refractivity contribution is -0.177. The second-order valence-electron chi connectivity index (χ2n) is 4.33. The van der Waals surface area contributed by atoms with Crippen molar-refractivity contribution in [1.29, 1.82) is 0 Å². The van der Waals surface area contributed by atoms with Gasteiger partial charge >= 0.3 is 13.3 Å². The van der Waals surface area contributed by atoms with E-state index in [1.807, 2.05) is 0 Å². The number of hydrogen-bond acceptors (Lipinski definition) is 7. The Balaban J connectivity index is 1.83. The van der Waals surface area contributed by atoms with Crippen molar-refractivity contribution in [1.82, 2.24) is 5.06 Å². The Hall–Kier alpha value is -2.39. The van der Waals surface area contributed by atoms with E-state index in [1.165, 1.54) is 24.3 Å². The highest BCUT2D eigenvalue weighted by Gasteiger charge is 2.33. The maximum absolute atomic E-state index is 11.4. The van der Waals surface area contributed by atoms with Gasteiger partial charge in [-0.15, -0.1) is 0 Å². The number of benzene rings is 1. The molecule has 110 valence electrons. The third-order valence-corrected chi connectivity index (χ3v) is 2.81. The number of hydrogen-bond donors (Lipinski definition) is 2. The molecule has 1 aliphatic rings. The van der Waals surface area contributed by atoms with Crippen LogP contribution in [-0.4, -0.2) is 40.2 Å². The highest BCUT2D eigenvalue weighted by Crippen LogP contribution is 2.13. The predicted molar refractivity (Wildman–Crippen MR) is 68.6 cm³/mol. The van der Waals surface area contributed by atoms with Crippen LogP contribution in [0.2, 0.25) is 0 Å². The zero-order valence-corrected chi connectivity index (χ0v) is 10.9. The first kappa shape index (κ1) is 15.0. The van der Waals surface area contributed by atoms with Crippen molar-refractivity contribution in [3.8, 4) is 0 Å². The summed E-state index contributed by atoms with van der Waals surface area (Å²) in [4.78, 5) is 38.3. The molecular formula is C12H12BNO7. The van der Waals surface area contributed by atoms with Crippen LogP contribution in [0.25, 0.3) is 0 Å². The molecule has 2 amide bonds. The molecule has 1 aliphatic heterocycles. The fourth-order valence-corrected chi connectivity index (χ4v) is 1.69. The van der Waals surface area contributed by atoms with E-state index in [0.717, 1.165) is 0 Å². The van der Waals surface area contributed by atoms with Gasteiger partial charge in [-0.1, -0.05) is 29.3 Å². The standard InChI is InChI=1S/C12H12BNO7/c15-10-5-6-11(16)14(10)21-12(17)20-7-8-1-3-9(4-2-8)13(18)19/h1-4,18-19H,5-7H2. The van der Waals surface area contributed by atoms with Gasteiger partial charge in [0.2, 0.25) is 0 Å². The maximum Gasteiger partial charge on any atom is 0.534 e. The van der Waals surface area contributed by atoms with E-state index in [-0.39, 0.29) is 19.4 Å². The third kappa shape index (κ3) is 3.80. The molecule has 0 spiro atoms. The van der Waals surface area contributed by atoms with E-state index < -0.39 is 25.1 Å². The molecule has 2 rings (SSSR count). The number of nitrogens with zero attached hydrogens (tertiary/aromatic N) is 1. The van der Waals surface area contributed by atoms with E-state index >= 15 is 0 Å². The van der Waals surface area contributed by atoms with Crippen LogP contribution in [0.1, 0.15) is 18.4 Å². The number of imide groups is 1. The molecule has 0 unspecified atom stereocenters. The molecule has 1 fully saturated rings. The lowest BCUT2D eigenvalue weighted by Crippen LogP contribution is -2.32. The average molecular weight is 293 g/mol. The summed E-state index contributed by atoms with van der Waals surface area (Å²) >= 11 is 0. The summed E-state index contributed by atoms with van der Waals surface area (Å²) < 4.78 is 4.75. The van der Waals surface area contributed by atoms with Crippen LogP contribution in [0.4, 0.5) is 4.79 Å². The number of ether oxygens (including phenoxy) is 1. The van der Waals surface area contributed by atoms with Crippen LogP contribution < -0.4 is 5.46 Å². The minimum absolute atomic E-state index is 0.0110. The van der Waals surface area contributed by atoms with Crippen molar-refractivity contribution >= 4 is 30.6 Å². The summed E-state index contributed by atoms with van der Waals surface area (Å²) in [5, 5.41) is 18.2. The van der Waals surface area contributed by atoms with E-state index in [0.29, 0.717) is 16.1 Å². The highest BCUT2D eigenvalue weighted by molar-refractivity contribution is 6.58. The van der Waals surface area contributed by atoms with Gasteiger partial charge in [0.15, 0.2) is 0 Å². The van der Waals surface area contributed by atoms with Gasteiger partial charge in [0.25, 0.3) is 11.8 Å². The van der Waals surface area contributed by atoms with Gasteiger partial charge in [-0.2, -0.15) is 0 Å². The number of hydroxylamine groups is 2. The molecule has 0 radical (unpaired) electrons. The molecule has 1 aromatic carbocycles. The molecule has 1 saturated heterocycles. The first-order valence-corrected chi connectivity index (χ1v) is 6.13. The lowest BCUT2D eigenvalue weighted by Gasteiger charge is -2.12. The summed E-state index contributed by atoms with van der Waals surface area (Å²) in [6, 6.07) is 5.99. The molecule has 2 N–H and O–H groups in total. The van der Waals surface area contributed by atoms with Gasteiger partial charge in [-0.05, 0) is 11.0 Å². The summed E-state index contributed by atoms with van der Waals surface area (Å²) in [5.74, 6) is -1.17. The van der Waals surface area contributed by atoms with Gasteiger partial charge in [0.05, 0.1) is 0 Å². The number of rotatable bonds is 4. The molecule has 0 aromatic heterocycles. The van der Waals surface area contributed by atoms with Crippen molar-refractivity contribution < 1.29 is 34.0 Å². The van der Waals surface area contributed by atoms with Crippen molar-refractivity contribution in [2.75, 3.05) is 0 Å². The molecule has 0 atom stereocenters. The predicted octanol–water partition coefficient (Wildman–Crippen LogP) is -0.916. The first-order valence-electron chi connectivity index (χ1n) is 6.13. The van der Waals surface area contributed by atoms with Gasteiger partial charge in [-0.3, -0.25) is 14.4 Å². The number of amides is 2. The van der Waals surface area contributed by atoms with Crippen LogP contribution in [0, 0.1) is 0 Å². The Morgan fingerprint density at radius 3 is 2.24 bits per heavy atom. The summed E-state index contributed by atoms with van der Waals surface area (Å²) in [6.45, 7) is -0.142. The summed E-state index contributed by atoms with van der Waals surface area (Å²) in [7, 11) is -1.57. The molecule has 0 aliphatic carbocycles. The molecule has 21 heavy (non-hydrogen) atoms. The molecule has 0 saturated carbocycles. The normalized spacial score (nSPS) is 14.3. The van der Waals surface area contributed by atoms with Gasteiger partial charge in [0, 0.05) is 12.8 Å². The van der Waals surface area contributed by atoms with E-state index in [2.05, 4.69) is 4.84 Å². The zero-order chi connectivity index (χ0) is 15.4. The van der Waals surface area contributed by atoms with E-state index in [4.69, 9.17) is 14.8 Å². The van der Waals surface area contributed by atoms with Crippen LogP contribution >= 0.6 is 0 Å². The quantitative estimate of drug-likeness (QED) is 0.419. The van der Waals surface area contributed by atoms with Crippen LogP contribution in [0.15, 0.2) is 24.3 Å². The third-order valence-electron chi connectivity index (χ3n) is 2.81. The minimum atomic E-state index is -1.57. The van der Waals surface area contributed by atoms with Crippen LogP contribution in [0.3, 0.4) is 0 Å². The SMILES string of the molecule is O=C(OCc1ccc(B(O)O)cc1)ON1C(=O)CCC1=O. The fraction of sp³-hybridized carbons (Fsp3) is 0.250. The molecule has 1 aromatic rings. The maximum atomic E-state index is 11.4. The molecule has 8 nitrogen and oxygen atoms in total. The van der Waals surface area contributed by atoms with Gasteiger partial charge < -0.3 is 14.8 Å². The highest BCUT2D eigenvalue weighted by atomic mass is 16.8. The van der Waals surface area contributed by atoms with Gasteiger partial charge in [0.1, 0.15) is 6.61 Å². The van der Waals surface area contributed by atoms with Gasteiger partial charge in [-0.25, -0.2) is 4.79 Å². The first-order chi connectivity index (χ1) is 9.97. The summed E-state index contributed by atoms with van der Waals surface area (Å²) in [5.41, 5.74) is 0.880. The van der Waals surface area contributed by atoms with Crippen molar-refractivity contribution in [2.24, 2.45) is 0 Å². The largest absolute Gasteiger partial charge is 0.534 e. The van der Waals surface area contributed by atoms with Crippen molar-refractivity contribution in [3.63, 3.8) is 0 Å².